The Morgan fingerprint density at radius 3 is 2.05 bits per heavy atom. The summed E-state index contributed by atoms with van der Waals surface area (Å²) in [6.45, 7) is 4.93. The molecule has 0 atom stereocenters. The van der Waals surface area contributed by atoms with Crippen LogP contribution in [0.15, 0.2) is 94.7 Å². The summed E-state index contributed by atoms with van der Waals surface area (Å²) in [7, 11) is -6.62. The Hall–Kier alpha value is -4.06. The SMILES string of the molecule is COc1ccc(N(CC(=O)Nc2ccc(S(=O)(=O)Nc3cc(C)ccc3C)cc2)S(=O)(=O)c2ccc(C)cc2)cc1Cl. The fourth-order valence-corrected chi connectivity index (χ4v) is 6.85. The fourth-order valence-electron chi connectivity index (χ4n) is 4.06. The lowest BCUT2D eigenvalue weighted by Gasteiger charge is -2.24. The number of halogens is 1. The number of hydrogen-bond donors (Lipinski definition) is 2. The van der Waals surface area contributed by atoms with Gasteiger partial charge in [0, 0.05) is 5.69 Å². The smallest absolute Gasteiger partial charge is 0.264 e. The first-order chi connectivity index (χ1) is 19.8. The van der Waals surface area contributed by atoms with Crippen molar-refractivity contribution in [3.05, 3.63) is 107 Å². The van der Waals surface area contributed by atoms with E-state index in [2.05, 4.69) is 10.0 Å². The molecule has 0 aliphatic carbocycles. The Morgan fingerprint density at radius 1 is 0.810 bits per heavy atom. The van der Waals surface area contributed by atoms with Crippen molar-refractivity contribution < 1.29 is 26.4 Å². The molecule has 0 heterocycles. The number of sulfonamides is 2. The Labute approximate surface area is 251 Å². The quantitative estimate of drug-likeness (QED) is 0.225. The average Bonchev–Trinajstić information content (AvgIpc) is 2.94. The minimum atomic E-state index is -4.17. The van der Waals surface area contributed by atoms with Gasteiger partial charge in [-0.2, -0.15) is 0 Å². The molecule has 0 spiro atoms. The molecule has 0 fully saturated rings. The standard InChI is InChI=1S/C30H30ClN3O6S2/c1-20-6-12-26(13-7-20)42(38,39)34(24-11-16-29(40-4)27(31)18-24)19-30(35)32-23-9-14-25(15-10-23)41(36,37)33-28-17-21(2)5-8-22(28)3/h5-18,33H,19H2,1-4H3,(H,32,35). The highest BCUT2D eigenvalue weighted by Gasteiger charge is 2.28. The molecule has 42 heavy (non-hydrogen) atoms. The van der Waals surface area contributed by atoms with E-state index in [1.807, 2.05) is 26.0 Å². The molecule has 220 valence electrons. The van der Waals surface area contributed by atoms with Gasteiger partial charge in [-0.15, -0.1) is 0 Å². The van der Waals surface area contributed by atoms with Gasteiger partial charge in [0.25, 0.3) is 20.0 Å². The summed E-state index contributed by atoms with van der Waals surface area (Å²) in [6.07, 6.45) is 0. The van der Waals surface area contributed by atoms with E-state index in [4.69, 9.17) is 16.3 Å². The molecule has 0 radical (unpaired) electrons. The fraction of sp³-hybridized carbons (Fsp3) is 0.167. The largest absolute Gasteiger partial charge is 0.495 e. The minimum Gasteiger partial charge on any atom is -0.495 e. The van der Waals surface area contributed by atoms with Gasteiger partial charge < -0.3 is 10.1 Å². The zero-order valence-electron chi connectivity index (χ0n) is 23.4. The number of anilines is 3. The van der Waals surface area contributed by atoms with E-state index >= 15 is 0 Å². The monoisotopic (exact) mass is 627 g/mol. The van der Waals surface area contributed by atoms with Gasteiger partial charge in [0.2, 0.25) is 5.91 Å². The molecule has 1 amide bonds. The molecule has 4 aromatic carbocycles. The number of aryl methyl sites for hydroxylation is 3. The summed E-state index contributed by atoms with van der Waals surface area (Å²) in [5.74, 6) is -0.304. The second-order valence-electron chi connectivity index (χ2n) is 9.64. The van der Waals surface area contributed by atoms with Gasteiger partial charge in [0.15, 0.2) is 0 Å². The maximum absolute atomic E-state index is 13.6. The molecule has 9 nitrogen and oxygen atoms in total. The van der Waals surface area contributed by atoms with Gasteiger partial charge >= 0.3 is 0 Å². The van der Waals surface area contributed by atoms with E-state index in [9.17, 15) is 21.6 Å². The predicted molar refractivity (Wildman–Crippen MR) is 166 cm³/mol. The maximum atomic E-state index is 13.6. The lowest BCUT2D eigenvalue weighted by molar-refractivity contribution is -0.114. The summed E-state index contributed by atoms with van der Waals surface area (Å²) in [5, 5.41) is 2.81. The van der Waals surface area contributed by atoms with Crippen LogP contribution in [0.5, 0.6) is 5.75 Å². The number of ether oxygens (including phenoxy) is 1. The number of nitrogens with one attached hydrogen (secondary N) is 2. The van der Waals surface area contributed by atoms with Gasteiger partial charge in [-0.3, -0.25) is 13.8 Å². The van der Waals surface area contributed by atoms with Crippen LogP contribution in [0, 0.1) is 20.8 Å². The highest BCUT2D eigenvalue weighted by atomic mass is 35.5. The molecule has 12 heteroatoms. The van der Waals surface area contributed by atoms with Crippen molar-refractivity contribution in [2.24, 2.45) is 0 Å². The van der Waals surface area contributed by atoms with Gasteiger partial charge in [-0.1, -0.05) is 41.4 Å². The third-order valence-corrected chi connectivity index (χ3v) is 9.87. The number of nitrogens with zero attached hydrogens (tertiary/aromatic N) is 1. The summed E-state index contributed by atoms with van der Waals surface area (Å²) < 4.78 is 61.9. The lowest BCUT2D eigenvalue weighted by atomic mass is 10.1. The summed E-state index contributed by atoms with van der Waals surface area (Å²) >= 11 is 6.27. The van der Waals surface area contributed by atoms with Crippen molar-refractivity contribution in [3.63, 3.8) is 0 Å². The van der Waals surface area contributed by atoms with Crippen molar-refractivity contribution in [2.75, 3.05) is 28.0 Å². The van der Waals surface area contributed by atoms with Crippen molar-refractivity contribution in [1.29, 1.82) is 0 Å². The molecule has 4 rings (SSSR count). The summed E-state index contributed by atoms with van der Waals surface area (Å²) in [5.41, 5.74) is 3.48. The molecule has 4 aromatic rings. The second kappa shape index (κ2) is 12.4. The van der Waals surface area contributed by atoms with Crippen molar-refractivity contribution in [2.45, 2.75) is 30.6 Å². The number of carbonyl (C=O) groups excluding carboxylic acids is 1. The van der Waals surface area contributed by atoms with Crippen LogP contribution in [0.1, 0.15) is 16.7 Å². The molecule has 0 unspecified atom stereocenters. The van der Waals surface area contributed by atoms with E-state index in [0.29, 0.717) is 11.4 Å². The average molecular weight is 628 g/mol. The lowest BCUT2D eigenvalue weighted by Crippen LogP contribution is -2.38. The van der Waals surface area contributed by atoms with Crippen LogP contribution in [0.4, 0.5) is 17.1 Å². The van der Waals surface area contributed by atoms with Crippen molar-refractivity contribution >= 4 is 54.6 Å². The molecule has 2 N–H and O–H groups in total. The Bertz CT molecular complexity index is 1830. The van der Waals surface area contributed by atoms with Crippen LogP contribution in [-0.4, -0.2) is 36.4 Å². The molecule has 0 saturated carbocycles. The summed E-state index contributed by atoms with van der Waals surface area (Å²) in [6, 6.07) is 21.7. The number of hydrogen-bond acceptors (Lipinski definition) is 6. The summed E-state index contributed by atoms with van der Waals surface area (Å²) in [4.78, 5) is 13.1. The van der Waals surface area contributed by atoms with Crippen LogP contribution >= 0.6 is 11.6 Å². The zero-order chi connectivity index (χ0) is 30.7. The van der Waals surface area contributed by atoms with Gasteiger partial charge in [0.05, 0.1) is 33.3 Å². The van der Waals surface area contributed by atoms with E-state index in [0.717, 1.165) is 21.0 Å². The first-order valence-corrected chi connectivity index (χ1v) is 16.0. The molecule has 0 aliphatic rings. The van der Waals surface area contributed by atoms with E-state index < -0.39 is 32.5 Å². The minimum absolute atomic E-state index is 0.00116. The van der Waals surface area contributed by atoms with E-state index in [1.165, 1.54) is 61.7 Å². The van der Waals surface area contributed by atoms with Crippen LogP contribution in [0.3, 0.4) is 0 Å². The van der Waals surface area contributed by atoms with Crippen LogP contribution in [0.2, 0.25) is 5.02 Å². The third-order valence-electron chi connectivity index (χ3n) is 6.41. The Balaban J connectivity index is 1.56. The molecule has 0 saturated heterocycles. The van der Waals surface area contributed by atoms with Crippen molar-refractivity contribution in [1.82, 2.24) is 0 Å². The van der Waals surface area contributed by atoms with Crippen molar-refractivity contribution in [3.8, 4) is 5.75 Å². The molecular weight excluding hydrogens is 598 g/mol. The number of carbonyl (C=O) groups is 1. The van der Waals surface area contributed by atoms with E-state index in [1.54, 1.807) is 25.1 Å². The maximum Gasteiger partial charge on any atom is 0.264 e. The Morgan fingerprint density at radius 2 is 1.43 bits per heavy atom. The first kappa shape index (κ1) is 30.9. The second-order valence-corrected chi connectivity index (χ2v) is 13.6. The molecule has 0 aromatic heterocycles. The number of amides is 1. The first-order valence-electron chi connectivity index (χ1n) is 12.7. The number of rotatable bonds is 10. The number of benzene rings is 4. The molecule has 0 bridgehead atoms. The Kier molecular flexibility index (Phi) is 9.15. The van der Waals surface area contributed by atoms with Gasteiger partial charge in [0.1, 0.15) is 12.3 Å². The van der Waals surface area contributed by atoms with Crippen LogP contribution in [-0.2, 0) is 24.8 Å². The van der Waals surface area contributed by atoms with Crippen LogP contribution < -0.4 is 19.1 Å². The molecular formula is C30H30ClN3O6S2. The number of methoxy groups -OCH3 is 1. The van der Waals surface area contributed by atoms with Gasteiger partial charge in [-0.05, 0) is 92.6 Å². The van der Waals surface area contributed by atoms with Gasteiger partial charge in [-0.25, -0.2) is 16.8 Å². The highest BCUT2D eigenvalue weighted by molar-refractivity contribution is 7.93. The highest BCUT2D eigenvalue weighted by Crippen LogP contribution is 2.32. The normalized spacial score (nSPS) is 11.5. The predicted octanol–water partition coefficient (Wildman–Crippen LogP) is 5.91. The third kappa shape index (κ3) is 7.04. The zero-order valence-corrected chi connectivity index (χ0v) is 25.8. The topological polar surface area (TPSA) is 122 Å². The molecule has 0 aliphatic heterocycles. The van der Waals surface area contributed by atoms with E-state index in [-0.39, 0.29) is 26.2 Å². The van der Waals surface area contributed by atoms with Crippen LogP contribution in [0.25, 0.3) is 0 Å².